The Morgan fingerprint density at radius 2 is 1.90 bits per heavy atom. The van der Waals surface area contributed by atoms with Crippen LogP contribution in [0.5, 0.6) is 5.75 Å². The van der Waals surface area contributed by atoms with Gasteiger partial charge in [-0.15, -0.1) is 0 Å². The summed E-state index contributed by atoms with van der Waals surface area (Å²) < 4.78 is 44.3. The van der Waals surface area contributed by atoms with Crippen molar-refractivity contribution in [1.29, 1.82) is 0 Å². The molecular formula is C21H21F3N4O2. The van der Waals surface area contributed by atoms with Gasteiger partial charge >= 0.3 is 6.18 Å². The van der Waals surface area contributed by atoms with Crippen molar-refractivity contribution >= 4 is 16.9 Å². The molecule has 0 spiro atoms. The van der Waals surface area contributed by atoms with Gasteiger partial charge in [0.1, 0.15) is 11.6 Å². The number of fused-ring (bicyclic) bond motifs is 1. The highest BCUT2D eigenvalue weighted by molar-refractivity contribution is 5.95. The molecule has 1 aromatic heterocycles. The maximum absolute atomic E-state index is 13.0. The van der Waals surface area contributed by atoms with Crippen molar-refractivity contribution in [3.05, 3.63) is 47.5 Å². The van der Waals surface area contributed by atoms with Crippen LogP contribution in [0.15, 0.2) is 36.4 Å². The van der Waals surface area contributed by atoms with E-state index in [0.717, 1.165) is 44.5 Å². The first-order chi connectivity index (χ1) is 14.3. The number of alkyl halides is 3. The van der Waals surface area contributed by atoms with E-state index in [0.29, 0.717) is 28.2 Å². The summed E-state index contributed by atoms with van der Waals surface area (Å²) in [6.07, 6.45) is -1.17. The van der Waals surface area contributed by atoms with Gasteiger partial charge in [0, 0.05) is 18.7 Å². The molecule has 1 amide bonds. The van der Waals surface area contributed by atoms with Gasteiger partial charge in [0.15, 0.2) is 0 Å². The first-order valence-electron chi connectivity index (χ1n) is 9.66. The Bertz CT molecular complexity index is 1070. The number of rotatable bonds is 4. The highest BCUT2D eigenvalue weighted by atomic mass is 19.4. The Balaban J connectivity index is 1.62. The molecule has 2 N–H and O–H groups in total. The number of ether oxygens (including phenoxy) is 1. The molecule has 30 heavy (non-hydrogen) atoms. The third-order valence-electron chi connectivity index (χ3n) is 5.14. The average molecular weight is 418 g/mol. The molecule has 0 unspecified atom stereocenters. The molecule has 1 aliphatic rings. The first-order valence-corrected chi connectivity index (χ1v) is 9.66. The van der Waals surface area contributed by atoms with Gasteiger partial charge in [0.2, 0.25) is 0 Å². The quantitative estimate of drug-likeness (QED) is 0.660. The average Bonchev–Trinajstić information content (AvgIpc) is 3.16. The largest absolute Gasteiger partial charge is 0.496 e. The third-order valence-corrected chi connectivity index (χ3v) is 5.14. The summed E-state index contributed by atoms with van der Waals surface area (Å²) in [4.78, 5) is 19.8. The van der Waals surface area contributed by atoms with Gasteiger partial charge in [-0.05, 0) is 49.2 Å². The minimum atomic E-state index is -4.43. The Morgan fingerprint density at radius 3 is 2.60 bits per heavy atom. The van der Waals surface area contributed by atoms with Crippen molar-refractivity contribution in [3.8, 4) is 17.1 Å². The number of piperidine rings is 1. The summed E-state index contributed by atoms with van der Waals surface area (Å²) in [5, 5.41) is 1.91. The summed E-state index contributed by atoms with van der Waals surface area (Å²) in [7, 11) is 1.47. The summed E-state index contributed by atoms with van der Waals surface area (Å²) in [6, 6.07) is 8.27. The number of imidazole rings is 1. The first kappa shape index (κ1) is 20.2. The Hall–Kier alpha value is -3.07. The maximum atomic E-state index is 13.0. The number of nitrogens with zero attached hydrogens (tertiary/aromatic N) is 2. The van der Waals surface area contributed by atoms with E-state index in [2.05, 4.69) is 15.4 Å². The number of benzene rings is 2. The number of halogens is 3. The van der Waals surface area contributed by atoms with Crippen LogP contribution in [-0.4, -0.2) is 41.1 Å². The molecule has 1 fully saturated rings. The number of hydrogen-bond donors (Lipinski definition) is 2. The van der Waals surface area contributed by atoms with Gasteiger partial charge in [-0.2, -0.15) is 13.2 Å². The lowest BCUT2D eigenvalue weighted by Gasteiger charge is -2.26. The van der Waals surface area contributed by atoms with E-state index >= 15 is 0 Å². The second-order valence-corrected chi connectivity index (χ2v) is 7.22. The number of aromatic amines is 1. The molecule has 1 aliphatic heterocycles. The molecule has 1 saturated heterocycles. The normalized spacial score (nSPS) is 15.3. The highest BCUT2D eigenvalue weighted by Gasteiger charge is 2.30. The number of amides is 1. The zero-order valence-corrected chi connectivity index (χ0v) is 16.3. The predicted molar refractivity (Wildman–Crippen MR) is 106 cm³/mol. The van der Waals surface area contributed by atoms with Gasteiger partial charge in [-0.1, -0.05) is 6.42 Å². The number of nitrogens with one attached hydrogen (secondary N) is 2. The smallest absolute Gasteiger partial charge is 0.416 e. The summed E-state index contributed by atoms with van der Waals surface area (Å²) in [5.74, 6) is 0.529. The molecule has 4 rings (SSSR count). The third kappa shape index (κ3) is 4.11. The molecule has 9 heteroatoms. The van der Waals surface area contributed by atoms with Crippen molar-refractivity contribution in [2.45, 2.75) is 25.4 Å². The number of aromatic nitrogens is 2. The Morgan fingerprint density at radius 1 is 1.13 bits per heavy atom. The molecule has 158 valence electrons. The topological polar surface area (TPSA) is 70.2 Å². The lowest BCUT2D eigenvalue weighted by atomic mass is 10.1. The Kier molecular flexibility index (Phi) is 5.38. The highest BCUT2D eigenvalue weighted by Crippen LogP contribution is 2.34. The van der Waals surface area contributed by atoms with Crippen LogP contribution in [-0.2, 0) is 6.18 Å². The van der Waals surface area contributed by atoms with E-state index in [1.54, 1.807) is 18.2 Å². The number of hydrogen-bond acceptors (Lipinski definition) is 4. The number of carbonyl (C=O) groups excluding carboxylic acids is 1. The van der Waals surface area contributed by atoms with Crippen LogP contribution in [0.2, 0.25) is 0 Å². The zero-order chi connectivity index (χ0) is 21.3. The zero-order valence-electron chi connectivity index (χ0n) is 16.3. The summed E-state index contributed by atoms with van der Waals surface area (Å²) in [6.45, 7) is 1.64. The molecule has 0 aliphatic carbocycles. The Labute approximate surface area is 171 Å². The molecule has 0 bridgehead atoms. The maximum Gasteiger partial charge on any atom is 0.416 e. The van der Waals surface area contributed by atoms with Crippen LogP contribution in [0, 0.1) is 0 Å². The summed E-state index contributed by atoms with van der Waals surface area (Å²) >= 11 is 0. The lowest BCUT2D eigenvalue weighted by Crippen LogP contribution is -2.45. The van der Waals surface area contributed by atoms with Crippen LogP contribution in [0.3, 0.4) is 0 Å². The molecule has 0 saturated carbocycles. The number of hydrazine groups is 1. The minimum Gasteiger partial charge on any atom is -0.496 e. The molecule has 3 aromatic rings. The van der Waals surface area contributed by atoms with Crippen LogP contribution < -0.4 is 10.2 Å². The molecule has 2 heterocycles. The monoisotopic (exact) mass is 418 g/mol. The van der Waals surface area contributed by atoms with Crippen molar-refractivity contribution in [2.24, 2.45) is 0 Å². The fourth-order valence-corrected chi connectivity index (χ4v) is 3.56. The van der Waals surface area contributed by atoms with Crippen LogP contribution in [0.4, 0.5) is 13.2 Å². The second-order valence-electron chi connectivity index (χ2n) is 7.22. The number of carbonyl (C=O) groups is 1. The second kappa shape index (κ2) is 7.98. The van der Waals surface area contributed by atoms with Crippen molar-refractivity contribution < 1.29 is 22.7 Å². The number of methoxy groups -OCH3 is 1. The molecule has 6 nitrogen and oxygen atoms in total. The van der Waals surface area contributed by atoms with Gasteiger partial charge < -0.3 is 9.72 Å². The van der Waals surface area contributed by atoms with E-state index in [1.807, 2.05) is 5.01 Å². The van der Waals surface area contributed by atoms with Gasteiger partial charge in [-0.3, -0.25) is 10.2 Å². The van der Waals surface area contributed by atoms with E-state index in [9.17, 15) is 18.0 Å². The predicted octanol–water partition coefficient (Wildman–Crippen LogP) is 4.39. The number of H-pyrrole nitrogens is 1. The fourth-order valence-electron chi connectivity index (χ4n) is 3.56. The van der Waals surface area contributed by atoms with Crippen LogP contribution in [0.1, 0.15) is 35.2 Å². The van der Waals surface area contributed by atoms with E-state index in [4.69, 9.17) is 4.74 Å². The molecular weight excluding hydrogens is 397 g/mol. The molecule has 0 radical (unpaired) electrons. The SMILES string of the molecule is COc1cc(C(=O)NN2CCCCC2)ccc1-c1nc2ccc(C(F)(F)F)cc2[nH]1. The van der Waals surface area contributed by atoms with Gasteiger partial charge in [0.25, 0.3) is 5.91 Å². The van der Waals surface area contributed by atoms with E-state index in [1.165, 1.54) is 13.2 Å². The van der Waals surface area contributed by atoms with E-state index < -0.39 is 11.7 Å². The minimum absolute atomic E-state index is 0.235. The molecule has 2 aromatic carbocycles. The van der Waals surface area contributed by atoms with Crippen LogP contribution >= 0.6 is 0 Å². The lowest BCUT2D eigenvalue weighted by molar-refractivity contribution is -0.137. The van der Waals surface area contributed by atoms with Crippen molar-refractivity contribution in [2.75, 3.05) is 20.2 Å². The fraction of sp³-hybridized carbons (Fsp3) is 0.333. The van der Waals surface area contributed by atoms with Gasteiger partial charge in [-0.25, -0.2) is 9.99 Å². The van der Waals surface area contributed by atoms with Gasteiger partial charge in [0.05, 0.1) is 29.3 Å². The van der Waals surface area contributed by atoms with Crippen molar-refractivity contribution in [1.82, 2.24) is 20.4 Å². The van der Waals surface area contributed by atoms with E-state index in [-0.39, 0.29) is 11.4 Å². The summed E-state index contributed by atoms with van der Waals surface area (Å²) in [5.41, 5.74) is 3.81. The van der Waals surface area contributed by atoms with Crippen molar-refractivity contribution in [3.63, 3.8) is 0 Å². The molecule has 0 atom stereocenters. The van der Waals surface area contributed by atoms with Crippen LogP contribution in [0.25, 0.3) is 22.4 Å². The standard InChI is InChI=1S/C21H21F3N4O2/c1-30-18-11-13(20(29)27-28-9-3-2-4-10-28)5-7-15(18)19-25-16-8-6-14(21(22,23)24)12-17(16)26-19/h5-8,11-12H,2-4,9-10H2,1H3,(H,25,26)(H,27,29).